The summed E-state index contributed by atoms with van der Waals surface area (Å²) >= 11 is 0. The molecule has 9 heteroatoms. The van der Waals surface area contributed by atoms with Crippen molar-refractivity contribution in [3.63, 3.8) is 0 Å². The van der Waals surface area contributed by atoms with E-state index in [1.54, 1.807) is 24.1 Å². The molecule has 0 saturated carbocycles. The van der Waals surface area contributed by atoms with Gasteiger partial charge in [0, 0.05) is 54.2 Å². The predicted molar refractivity (Wildman–Crippen MR) is 167 cm³/mol. The molecule has 2 amide bonds. The van der Waals surface area contributed by atoms with E-state index in [0.29, 0.717) is 18.5 Å². The summed E-state index contributed by atoms with van der Waals surface area (Å²) in [6, 6.07) is 22.4. The Labute approximate surface area is 252 Å². The summed E-state index contributed by atoms with van der Waals surface area (Å²) in [6.45, 7) is 2.51. The highest BCUT2D eigenvalue weighted by atomic mass is 16.6. The van der Waals surface area contributed by atoms with Crippen LogP contribution in [0.25, 0.3) is 43.6 Å². The smallest absolute Gasteiger partial charge is 0.253 e. The third-order valence-corrected chi connectivity index (χ3v) is 10.1. The Hall–Kier alpha value is -4.86. The van der Waals surface area contributed by atoms with Gasteiger partial charge in [-0.05, 0) is 48.9 Å². The third kappa shape index (κ3) is 3.00. The first kappa shape index (κ1) is 25.6. The zero-order valence-electron chi connectivity index (χ0n) is 24.5. The number of aromatic hydroxyl groups is 1. The molecule has 5 heterocycles. The van der Waals surface area contributed by atoms with Gasteiger partial charge >= 0.3 is 0 Å². The van der Waals surface area contributed by atoms with Gasteiger partial charge in [0.05, 0.1) is 33.7 Å². The topological polar surface area (TPSA) is 98.0 Å². The number of carbonyl (C=O) groups excluding carboxylic acids is 2. The number of hydrogen-bond donors (Lipinski definition) is 2. The van der Waals surface area contributed by atoms with Crippen molar-refractivity contribution in [1.82, 2.24) is 19.4 Å². The number of para-hydroxylation sites is 2. The fourth-order valence-electron chi connectivity index (χ4n) is 8.35. The Bertz CT molecular complexity index is 2230. The van der Waals surface area contributed by atoms with Gasteiger partial charge in [-0.1, -0.05) is 36.4 Å². The number of amides is 2. The fourth-order valence-corrected chi connectivity index (χ4v) is 8.35. The number of fused-ring (bicyclic) bond motifs is 13. The summed E-state index contributed by atoms with van der Waals surface area (Å²) in [5, 5.41) is 17.0. The number of nitrogens with zero attached hydrogens (tertiary/aromatic N) is 3. The first-order chi connectivity index (χ1) is 21.3. The van der Waals surface area contributed by atoms with Gasteiger partial charge in [-0.3, -0.25) is 9.59 Å². The average Bonchev–Trinajstić information content (AvgIpc) is 3.68. The summed E-state index contributed by atoms with van der Waals surface area (Å²) in [6.07, 6.45) is -0.531. The van der Waals surface area contributed by atoms with Crippen molar-refractivity contribution in [2.75, 3.05) is 14.2 Å². The molecule has 0 radical (unpaired) electrons. The third-order valence-electron chi connectivity index (χ3n) is 10.1. The van der Waals surface area contributed by atoms with Gasteiger partial charge in [-0.25, -0.2) is 0 Å². The van der Waals surface area contributed by atoms with Crippen LogP contribution < -0.4 is 5.32 Å². The first-order valence-corrected chi connectivity index (χ1v) is 14.9. The minimum Gasteiger partial charge on any atom is -0.508 e. The Morgan fingerprint density at radius 3 is 2.41 bits per heavy atom. The van der Waals surface area contributed by atoms with Crippen molar-refractivity contribution < 1.29 is 24.2 Å². The average molecular weight is 587 g/mol. The molecule has 3 aliphatic heterocycles. The van der Waals surface area contributed by atoms with Gasteiger partial charge in [-0.15, -0.1) is 0 Å². The molecule has 1 saturated heterocycles. The number of hydrogen-bond acceptors (Lipinski definition) is 5. The second kappa shape index (κ2) is 8.62. The quantitative estimate of drug-likeness (QED) is 0.281. The van der Waals surface area contributed by atoms with E-state index >= 15 is 0 Å². The molecule has 0 unspecified atom stereocenters. The van der Waals surface area contributed by atoms with Gasteiger partial charge < -0.3 is 33.9 Å². The molecule has 1 fully saturated rings. The van der Waals surface area contributed by atoms with E-state index < -0.39 is 18.1 Å². The van der Waals surface area contributed by atoms with Crippen molar-refractivity contribution in [3.8, 4) is 5.75 Å². The van der Waals surface area contributed by atoms with Crippen LogP contribution in [0.3, 0.4) is 0 Å². The van der Waals surface area contributed by atoms with Crippen LogP contribution >= 0.6 is 0 Å². The van der Waals surface area contributed by atoms with Gasteiger partial charge in [0.1, 0.15) is 18.1 Å². The summed E-state index contributed by atoms with van der Waals surface area (Å²) in [5.41, 5.74) is 5.11. The number of methoxy groups -OCH3 is 1. The highest BCUT2D eigenvalue weighted by Crippen LogP contribution is 2.54. The zero-order valence-corrected chi connectivity index (χ0v) is 24.5. The number of nitrogens with one attached hydrogen (secondary N) is 1. The van der Waals surface area contributed by atoms with Crippen molar-refractivity contribution in [2.24, 2.45) is 0 Å². The van der Waals surface area contributed by atoms with E-state index in [0.717, 1.165) is 54.7 Å². The molecule has 9 rings (SSSR count). The Morgan fingerprint density at radius 1 is 1.00 bits per heavy atom. The highest BCUT2D eigenvalue weighted by Gasteiger charge is 2.55. The maximum Gasteiger partial charge on any atom is 0.253 e. The SMILES string of the molecule is CO[C@H]1[C@@H](N(C)C(=O)c2ccc(O)cc2)C[C@@H]2O[C@@]1(C)n1c3ccccc3c3c4c(c5c6ccccc6n2c5c31)C(=O)NC4. The van der Waals surface area contributed by atoms with E-state index in [-0.39, 0.29) is 23.6 Å². The maximum absolute atomic E-state index is 13.9. The van der Waals surface area contributed by atoms with Crippen molar-refractivity contribution in [1.29, 1.82) is 0 Å². The lowest BCUT2D eigenvalue weighted by atomic mass is 9.91. The number of phenols is 1. The molecule has 220 valence electrons. The minimum absolute atomic E-state index is 0.0622. The number of benzene rings is 4. The molecule has 2 aromatic heterocycles. The van der Waals surface area contributed by atoms with Crippen LogP contribution in [0.4, 0.5) is 0 Å². The highest BCUT2D eigenvalue weighted by molar-refractivity contribution is 6.31. The number of phenolic OH excluding ortho intramolecular Hbond substituents is 1. The van der Waals surface area contributed by atoms with Gasteiger partial charge in [0.15, 0.2) is 5.72 Å². The van der Waals surface area contributed by atoms with E-state index in [9.17, 15) is 14.7 Å². The number of likely N-dealkylation sites (N-methyl/N-ethyl adjacent to an activating group) is 1. The molecular weight excluding hydrogens is 556 g/mol. The Balaban J connectivity index is 1.40. The van der Waals surface area contributed by atoms with Crippen LogP contribution in [-0.2, 0) is 21.7 Å². The summed E-state index contributed by atoms with van der Waals surface area (Å²) in [4.78, 5) is 29.2. The second-order valence-electron chi connectivity index (χ2n) is 12.3. The molecular formula is C35H30N4O5. The number of rotatable bonds is 3. The number of carbonyl (C=O) groups is 2. The van der Waals surface area contributed by atoms with Crippen LogP contribution in [0.5, 0.6) is 5.75 Å². The first-order valence-electron chi connectivity index (χ1n) is 14.9. The van der Waals surface area contributed by atoms with Gasteiger partial charge in [-0.2, -0.15) is 0 Å². The molecule has 44 heavy (non-hydrogen) atoms. The standard InChI is InChI=1S/C35H30N4O5/c1-35-32(43-3)25(37(2)34(42)18-12-14-19(40)15-13-18)16-26(44-35)38-23-10-6-4-8-20(23)28-29-22(17-36-33(29)41)27-21-9-5-7-11-24(21)39(35)31(27)30(28)38/h4-15,25-26,32,40H,16-17H2,1-3H3,(H,36,41)/t25-,26-,32-,35+/m0/s1. The van der Waals surface area contributed by atoms with Crippen molar-refractivity contribution >= 4 is 55.4 Å². The number of aromatic nitrogens is 2. The minimum atomic E-state index is -1.02. The lowest BCUT2D eigenvalue weighted by Crippen LogP contribution is -2.61. The lowest BCUT2D eigenvalue weighted by Gasteiger charge is -2.50. The normalized spacial score (nSPS) is 23.9. The largest absolute Gasteiger partial charge is 0.508 e. The van der Waals surface area contributed by atoms with Crippen LogP contribution in [0.2, 0.25) is 0 Å². The summed E-state index contributed by atoms with van der Waals surface area (Å²) in [5.74, 6) is -0.126. The van der Waals surface area contributed by atoms with Crippen LogP contribution in [0, 0.1) is 0 Å². The second-order valence-corrected chi connectivity index (χ2v) is 12.3. The number of ether oxygens (including phenoxy) is 2. The molecule has 0 spiro atoms. The lowest BCUT2D eigenvalue weighted by molar-refractivity contribution is -0.264. The Morgan fingerprint density at radius 2 is 1.68 bits per heavy atom. The van der Waals surface area contributed by atoms with Crippen molar-refractivity contribution in [2.45, 2.75) is 44.0 Å². The monoisotopic (exact) mass is 586 g/mol. The molecule has 2 N–H and O–H groups in total. The molecule has 2 bridgehead atoms. The predicted octanol–water partition coefficient (Wildman–Crippen LogP) is 5.61. The van der Waals surface area contributed by atoms with Gasteiger partial charge in [0.25, 0.3) is 11.8 Å². The molecule has 0 aliphatic carbocycles. The van der Waals surface area contributed by atoms with Crippen molar-refractivity contribution in [3.05, 3.63) is 89.5 Å². The molecule has 6 aromatic rings. The molecule has 9 nitrogen and oxygen atoms in total. The summed E-state index contributed by atoms with van der Waals surface area (Å²) in [7, 11) is 3.49. The van der Waals surface area contributed by atoms with E-state index in [1.807, 2.05) is 31.3 Å². The van der Waals surface area contributed by atoms with E-state index in [2.05, 4.69) is 45.6 Å². The summed E-state index contributed by atoms with van der Waals surface area (Å²) < 4.78 is 18.0. The van der Waals surface area contributed by atoms with E-state index in [1.165, 1.54) is 12.1 Å². The molecule has 3 aliphatic rings. The van der Waals surface area contributed by atoms with Crippen LogP contribution in [0.1, 0.15) is 45.9 Å². The Kier molecular flexibility index (Phi) is 5.02. The maximum atomic E-state index is 13.9. The van der Waals surface area contributed by atoms with Crippen LogP contribution in [-0.4, -0.2) is 57.3 Å². The molecule has 4 aromatic carbocycles. The molecule has 4 atom stereocenters. The van der Waals surface area contributed by atoms with Crippen LogP contribution in [0.15, 0.2) is 72.8 Å². The zero-order chi connectivity index (χ0) is 30.1. The van der Waals surface area contributed by atoms with E-state index in [4.69, 9.17) is 9.47 Å². The van der Waals surface area contributed by atoms with Gasteiger partial charge in [0.2, 0.25) is 0 Å². The fraction of sp³-hybridized carbons (Fsp3) is 0.257.